The second-order valence-electron chi connectivity index (χ2n) is 3.10. The fourth-order valence-corrected chi connectivity index (χ4v) is 2.17. The van der Waals surface area contributed by atoms with Gasteiger partial charge in [0.05, 0.1) is 23.6 Å². The number of nitrogens with zero attached hydrogens (tertiary/aromatic N) is 4. The summed E-state index contributed by atoms with van der Waals surface area (Å²) in [7, 11) is 0. The van der Waals surface area contributed by atoms with E-state index in [2.05, 4.69) is 31.3 Å². The lowest BCUT2D eigenvalue weighted by atomic mass is 10.2. The van der Waals surface area contributed by atoms with Gasteiger partial charge in [0.1, 0.15) is 16.6 Å². The molecule has 0 fully saturated rings. The molecule has 0 saturated heterocycles. The number of benzene rings is 1. The average molecular weight is 204 g/mol. The second kappa shape index (κ2) is 2.75. The first-order valence-electron chi connectivity index (χ1n) is 4.46. The standard InChI is InChI=1S/C9H8N4S/c1-2-13-5-10-9-7(13)4-3-6-8(9)12-14-11-6/h3-5H,2H2,1H3. The molecule has 3 rings (SSSR count). The molecule has 3 aromatic rings. The van der Waals surface area contributed by atoms with Crippen LogP contribution in [0.2, 0.25) is 0 Å². The lowest BCUT2D eigenvalue weighted by molar-refractivity contribution is 0.787. The summed E-state index contributed by atoms with van der Waals surface area (Å²) in [6, 6.07) is 4.05. The topological polar surface area (TPSA) is 43.6 Å². The predicted molar refractivity (Wildman–Crippen MR) is 56.4 cm³/mol. The van der Waals surface area contributed by atoms with Crippen molar-refractivity contribution in [3.05, 3.63) is 18.5 Å². The van der Waals surface area contributed by atoms with Gasteiger partial charge >= 0.3 is 0 Å². The Hall–Kier alpha value is -1.49. The van der Waals surface area contributed by atoms with Gasteiger partial charge in [-0.2, -0.15) is 8.75 Å². The van der Waals surface area contributed by atoms with Gasteiger partial charge in [-0.05, 0) is 19.1 Å². The van der Waals surface area contributed by atoms with E-state index in [0.717, 1.165) is 28.6 Å². The van der Waals surface area contributed by atoms with E-state index in [4.69, 9.17) is 0 Å². The van der Waals surface area contributed by atoms with Crippen LogP contribution in [0.25, 0.3) is 22.1 Å². The zero-order valence-corrected chi connectivity index (χ0v) is 8.45. The first kappa shape index (κ1) is 7.87. The Balaban J connectivity index is 2.52. The van der Waals surface area contributed by atoms with Crippen molar-refractivity contribution in [2.24, 2.45) is 0 Å². The number of aromatic nitrogens is 4. The van der Waals surface area contributed by atoms with Crippen molar-refractivity contribution in [3.8, 4) is 0 Å². The summed E-state index contributed by atoms with van der Waals surface area (Å²) in [6.07, 6.45) is 1.85. The quantitative estimate of drug-likeness (QED) is 0.609. The second-order valence-corrected chi connectivity index (χ2v) is 3.62. The highest BCUT2D eigenvalue weighted by Gasteiger charge is 2.08. The van der Waals surface area contributed by atoms with Crippen LogP contribution in [0.4, 0.5) is 0 Å². The highest BCUT2D eigenvalue weighted by Crippen LogP contribution is 2.22. The van der Waals surface area contributed by atoms with Crippen LogP contribution in [0.5, 0.6) is 0 Å². The summed E-state index contributed by atoms with van der Waals surface area (Å²) in [5.41, 5.74) is 3.94. The number of rotatable bonds is 1. The minimum atomic E-state index is 0.916. The molecule has 0 unspecified atom stereocenters. The summed E-state index contributed by atoms with van der Waals surface area (Å²) in [6.45, 7) is 3.03. The third-order valence-electron chi connectivity index (χ3n) is 2.36. The maximum Gasteiger partial charge on any atom is 0.132 e. The Bertz CT molecular complexity index is 595. The highest BCUT2D eigenvalue weighted by atomic mass is 32.1. The van der Waals surface area contributed by atoms with Gasteiger partial charge in [-0.3, -0.25) is 0 Å². The monoisotopic (exact) mass is 204 g/mol. The molecule has 1 aromatic carbocycles. The molecule has 0 aliphatic heterocycles. The lowest BCUT2D eigenvalue weighted by Crippen LogP contribution is -1.89. The van der Waals surface area contributed by atoms with E-state index < -0.39 is 0 Å². The van der Waals surface area contributed by atoms with Crippen LogP contribution in [-0.2, 0) is 6.54 Å². The molecule has 5 heteroatoms. The van der Waals surface area contributed by atoms with Crippen molar-refractivity contribution in [1.82, 2.24) is 18.3 Å². The van der Waals surface area contributed by atoms with E-state index in [-0.39, 0.29) is 0 Å². The predicted octanol–water partition coefficient (Wildman–Crippen LogP) is 2.06. The molecule has 0 spiro atoms. The van der Waals surface area contributed by atoms with E-state index in [1.165, 1.54) is 11.7 Å². The molecule has 0 N–H and O–H groups in total. The van der Waals surface area contributed by atoms with E-state index in [1.807, 2.05) is 12.4 Å². The van der Waals surface area contributed by atoms with Crippen molar-refractivity contribution >= 4 is 33.8 Å². The van der Waals surface area contributed by atoms with Gasteiger partial charge in [-0.1, -0.05) is 0 Å². The molecular formula is C9H8N4S. The Kier molecular flexibility index (Phi) is 1.55. The fraction of sp³-hybridized carbons (Fsp3) is 0.222. The van der Waals surface area contributed by atoms with Crippen LogP contribution < -0.4 is 0 Å². The number of imidazole rings is 1. The molecule has 2 aromatic heterocycles. The van der Waals surface area contributed by atoms with Crippen LogP contribution >= 0.6 is 11.7 Å². The first-order chi connectivity index (χ1) is 6.90. The molecule has 0 atom stereocenters. The Morgan fingerprint density at radius 1 is 1.29 bits per heavy atom. The van der Waals surface area contributed by atoms with Gasteiger partial charge in [0.2, 0.25) is 0 Å². The van der Waals surface area contributed by atoms with Crippen molar-refractivity contribution in [3.63, 3.8) is 0 Å². The molecular weight excluding hydrogens is 196 g/mol. The summed E-state index contributed by atoms with van der Waals surface area (Å²) in [4.78, 5) is 4.36. The van der Waals surface area contributed by atoms with Crippen LogP contribution in [0.3, 0.4) is 0 Å². The third kappa shape index (κ3) is 0.899. The largest absolute Gasteiger partial charge is 0.331 e. The summed E-state index contributed by atoms with van der Waals surface area (Å²) < 4.78 is 10.5. The summed E-state index contributed by atoms with van der Waals surface area (Å²) >= 11 is 1.24. The van der Waals surface area contributed by atoms with E-state index >= 15 is 0 Å². The number of aryl methyl sites for hydroxylation is 1. The van der Waals surface area contributed by atoms with E-state index in [0.29, 0.717) is 0 Å². The smallest absolute Gasteiger partial charge is 0.132 e. The van der Waals surface area contributed by atoms with Crippen molar-refractivity contribution in [2.75, 3.05) is 0 Å². The normalized spacial score (nSPS) is 11.5. The van der Waals surface area contributed by atoms with Crippen molar-refractivity contribution < 1.29 is 0 Å². The molecule has 0 saturated carbocycles. The molecule has 14 heavy (non-hydrogen) atoms. The van der Waals surface area contributed by atoms with E-state index in [1.54, 1.807) is 0 Å². The average Bonchev–Trinajstić information content (AvgIpc) is 2.82. The van der Waals surface area contributed by atoms with Gasteiger partial charge < -0.3 is 4.57 Å². The third-order valence-corrected chi connectivity index (χ3v) is 2.90. The highest BCUT2D eigenvalue weighted by molar-refractivity contribution is 7.00. The Morgan fingerprint density at radius 2 is 2.21 bits per heavy atom. The maximum absolute atomic E-state index is 4.36. The lowest BCUT2D eigenvalue weighted by Gasteiger charge is -1.97. The number of hydrogen-bond donors (Lipinski definition) is 0. The Labute approximate surface area is 84.5 Å². The van der Waals surface area contributed by atoms with Crippen LogP contribution in [-0.4, -0.2) is 18.3 Å². The molecule has 0 bridgehead atoms. The van der Waals surface area contributed by atoms with Gasteiger partial charge in [0.15, 0.2) is 0 Å². The SMILES string of the molecule is CCn1cnc2c3nsnc3ccc21. The zero-order valence-electron chi connectivity index (χ0n) is 7.64. The van der Waals surface area contributed by atoms with Crippen molar-refractivity contribution in [1.29, 1.82) is 0 Å². The van der Waals surface area contributed by atoms with Crippen molar-refractivity contribution in [2.45, 2.75) is 13.5 Å². The van der Waals surface area contributed by atoms with E-state index in [9.17, 15) is 0 Å². The molecule has 70 valence electrons. The molecule has 0 aliphatic carbocycles. The molecule has 0 radical (unpaired) electrons. The van der Waals surface area contributed by atoms with Gasteiger partial charge in [0.25, 0.3) is 0 Å². The van der Waals surface area contributed by atoms with Gasteiger partial charge in [-0.15, -0.1) is 0 Å². The minimum absolute atomic E-state index is 0.916. The molecule has 4 nitrogen and oxygen atoms in total. The minimum Gasteiger partial charge on any atom is -0.331 e. The number of hydrogen-bond acceptors (Lipinski definition) is 4. The Morgan fingerprint density at radius 3 is 3.07 bits per heavy atom. The molecule has 0 aliphatic rings. The first-order valence-corrected chi connectivity index (χ1v) is 5.19. The zero-order chi connectivity index (χ0) is 9.54. The summed E-state index contributed by atoms with van der Waals surface area (Å²) in [5.74, 6) is 0. The number of fused-ring (bicyclic) bond motifs is 3. The van der Waals surface area contributed by atoms with Crippen LogP contribution in [0.1, 0.15) is 6.92 Å². The summed E-state index contributed by atoms with van der Waals surface area (Å²) in [5, 5.41) is 0. The molecule has 0 amide bonds. The van der Waals surface area contributed by atoms with Crippen LogP contribution in [0.15, 0.2) is 18.5 Å². The van der Waals surface area contributed by atoms with Gasteiger partial charge in [0, 0.05) is 6.54 Å². The van der Waals surface area contributed by atoms with Gasteiger partial charge in [-0.25, -0.2) is 4.98 Å². The fourth-order valence-electron chi connectivity index (χ4n) is 1.63. The maximum atomic E-state index is 4.36. The molecule has 2 heterocycles. The van der Waals surface area contributed by atoms with Crippen LogP contribution in [0, 0.1) is 0 Å².